The summed E-state index contributed by atoms with van der Waals surface area (Å²) in [6.45, 7) is 5.20. The van der Waals surface area contributed by atoms with Crippen molar-refractivity contribution in [3.8, 4) is 6.07 Å². The number of hydrogen-bond donors (Lipinski definition) is 1. The standard InChI is InChI=1S/C22H18F3N3O3/c1-3-9-31-13-21(16-6-4-5-14(2)10-16)19(29)28(20(30)27-21)17-8-7-15(12-26)18(11-17)22(23,24)25/h3-8,10-11H,1,9,13H2,2H3,(H,27,30). The first kappa shape index (κ1) is 22.1. The van der Waals surface area contributed by atoms with Gasteiger partial charge in [0.25, 0.3) is 5.91 Å². The maximum Gasteiger partial charge on any atom is 0.417 e. The minimum atomic E-state index is -4.83. The smallest absolute Gasteiger partial charge is 0.374 e. The van der Waals surface area contributed by atoms with E-state index < -0.39 is 34.8 Å². The Balaban J connectivity index is 2.10. The minimum Gasteiger partial charge on any atom is -0.374 e. The van der Waals surface area contributed by atoms with E-state index in [0.717, 1.165) is 17.7 Å². The highest BCUT2D eigenvalue weighted by Gasteiger charge is 2.53. The lowest BCUT2D eigenvalue weighted by Crippen LogP contribution is -2.48. The second kappa shape index (κ2) is 8.24. The number of nitrogens with one attached hydrogen (secondary N) is 1. The number of rotatable bonds is 6. The van der Waals surface area contributed by atoms with Crippen LogP contribution in [-0.4, -0.2) is 25.2 Å². The Labute approximate surface area is 176 Å². The van der Waals surface area contributed by atoms with Crippen LogP contribution < -0.4 is 10.2 Å². The molecule has 3 rings (SSSR count). The number of nitriles is 1. The third-order valence-corrected chi connectivity index (χ3v) is 4.84. The molecule has 1 aliphatic rings. The van der Waals surface area contributed by atoms with Gasteiger partial charge >= 0.3 is 12.2 Å². The molecule has 1 N–H and O–H groups in total. The van der Waals surface area contributed by atoms with Crippen molar-refractivity contribution in [3.05, 3.63) is 77.4 Å². The number of nitrogens with zero attached hydrogens (tertiary/aromatic N) is 2. The van der Waals surface area contributed by atoms with Gasteiger partial charge in [-0.1, -0.05) is 35.9 Å². The Morgan fingerprint density at radius 1 is 1.26 bits per heavy atom. The molecule has 0 spiro atoms. The van der Waals surface area contributed by atoms with Crippen molar-refractivity contribution < 1.29 is 27.5 Å². The van der Waals surface area contributed by atoms with Gasteiger partial charge in [0, 0.05) is 0 Å². The van der Waals surface area contributed by atoms with E-state index in [4.69, 9.17) is 10.00 Å². The summed E-state index contributed by atoms with van der Waals surface area (Å²) in [5.74, 6) is -0.787. The second-order valence-corrected chi connectivity index (χ2v) is 6.99. The number of carbonyl (C=O) groups excluding carboxylic acids is 2. The quantitative estimate of drug-likeness (QED) is 0.427. The molecule has 2 aromatic rings. The number of anilines is 1. The van der Waals surface area contributed by atoms with Gasteiger partial charge in [0.1, 0.15) is 0 Å². The van der Waals surface area contributed by atoms with Gasteiger partial charge in [-0.25, -0.2) is 9.69 Å². The predicted molar refractivity (Wildman–Crippen MR) is 106 cm³/mol. The lowest BCUT2D eigenvalue weighted by Gasteiger charge is -2.27. The molecule has 1 aliphatic heterocycles. The van der Waals surface area contributed by atoms with E-state index in [1.54, 1.807) is 31.2 Å². The maximum atomic E-state index is 13.5. The molecule has 0 aromatic heterocycles. The van der Waals surface area contributed by atoms with Crippen molar-refractivity contribution in [2.45, 2.75) is 18.6 Å². The van der Waals surface area contributed by atoms with E-state index in [9.17, 15) is 22.8 Å². The summed E-state index contributed by atoms with van der Waals surface area (Å²) in [7, 11) is 0. The number of ether oxygens (including phenoxy) is 1. The van der Waals surface area contributed by atoms with E-state index in [2.05, 4.69) is 11.9 Å². The molecule has 0 bridgehead atoms. The lowest BCUT2D eigenvalue weighted by molar-refractivity contribution is -0.137. The zero-order chi connectivity index (χ0) is 22.8. The second-order valence-electron chi connectivity index (χ2n) is 6.99. The van der Waals surface area contributed by atoms with E-state index in [-0.39, 0.29) is 18.9 Å². The van der Waals surface area contributed by atoms with Gasteiger partial charge in [-0.15, -0.1) is 6.58 Å². The molecule has 6 nitrogen and oxygen atoms in total. The fourth-order valence-corrected chi connectivity index (χ4v) is 3.40. The van der Waals surface area contributed by atoms with E-state index in [1.165, 1.54) is 12.1 Å². The molecule has 1 saturated heterocycles. The van der Waals surface area contributed by atoms with Gasteiger partial charge in [-0.3, -0.25) is 4.79 Å². The molecule has 3 amide bonds. The summed E-state index contributed by atoms with van der Waals surface area (Å²) < 4.78 is 45.6. The third-order valence-electron chi connectivity index (χ3n) is 4.84. The number of aryl methyl sites for hydroxylation is 1. The Hall–Kier alpha value is -3.64. The summed E-state index contributed by atoms with van der Waals surface area (Å²) in [5, 5.41) is 11.6. The summed E-state index contributed by atoms with van der Waals surface area (Å²) >= 11 is 0. The molecule has 31 heavy (non-hydrogen) atoms. The lowest BCUT2D eigenvalue weighted by atomic mass is 9.89. The molecule has 0 saturated carbocycles. The number of amides is 3. The predicted octanol–water partition coefficient (Wildman–Crippen LogP) is 4.04. The number of imide groups is 1. The van der Waals surface area contributed by atoms with Gasteiger partial charge in [0.05, 0.1) is 36.1 Å². The Morgan fingerprint density at radius 3 is 2.61 bits per heavy atom. The third kappa shape index (κ3) is 4.02. The van der Waals surface area contributed by atoms with Crippen molar-refractivity contribution in [3.63, 3.8) is 0 Å². The highest BCUT2D eigenvalue weighted by Crippen LogP contribution is 2.38. The number of alkyl halides is 3. The van der Waals surface area contributed by atoms with Gasteiger partial charge in [-0.05, 0) is 30.7 Å². The molecule has 160 valence electrons. The van der Waals surface area contributed by atoms with Gasteiger partial charge in [0.2, 0.25) is 0 Å². The molecule has 9 heteroatoms. The maximum absolute atomic E-state index is 13.5. The van der Waals surface area contributed by atoms with Crippen molar-refractivity contribution in [2.24, 2.45) is 0 Å². The molecule has 1 fully saturated rings. The van der Waals surface area contributed by atoms with E-state index >= 15 is 0 Å². The van der Waals surface area contributed by atoms with Crippen LogP contribution in [0.1, 0.15) is 22.3 Å². The van der Waals surface area contributed by atoms with Gasteiger partial charge in [-0.2, -0.15) is 18.4 Å². The number of benzene rings is 2. The largest absolute Gasteiger partial charge is 0.417 e. The van der Waals surface area contributed by atoms with Crippen LogP contribution in [0.25, 0.3) is 0 Å². The molecule has 1 unspecified atom stereocenters. The number of carbonyl (C=O) groups is 2. The molecule has 0 aliphatic carbocycles. The SMILES string of the molecule is C=CCOCC1(c2cccc(C)c2)NC(=O)N(c2ccc(C#N)c(C(F)(F)F)c2)C1=O. The van der Waals surface area contributed by atoms with Crippen molar-refractivity contribution in [1.29, 1.82) is 5.26 Å². The summed E-state index contributed by atoms with van der Waals surface area (Å²) in [4.78, 5) is 26.9. The molecule has 1 atom stereocenters. The van der Waals surface area contributed by atoms with Gasteiger partial charge < -0.3 is 10.1 Å². The van der Waals surface area contributed by atoms with Crippen LogP contribution in [0.15, 0.2) is 55.1 Å². The fraction of sp³-hybridized carbons (Fsp3) is 0.227. The first-order valence-corrected chi connectivity index (χ1v) is 9.18. The summed E-state index contributed by atoms with van der Waals surface area (Å²) in [6, 6.07) is 10.1. The van der Waals surface area contributed by atoms with Crippen LogP contribution in [0.4, 0.5) is 23.7 Å². The molecular formula is C22H18F3N3O3. The van der Waals surface area contributed by atoms with Crippen molar-refractivity contribution >= 4 is 17.6 Å². The Kier molecular flexibility index (Phi) is 5.86. The van der Waals surface area contributed by atoms with Crippen LogP contribution in [0.2, 0.25) is 0 Å². The monoisotopic (exact) mass is 429 g/mol. The number of hydrogen-bond acceptors (Lipinski definition) is 4. The first-order chi connectivity index (χ1) is 14.6. The minimum absolute atomic E-state index is 0.103. The molecule has 2 aromatic carbocycles. The average Bonchev–Trinajstić information content (AvgIpc) is 2.97. The zero-order valence-electron chi connectivity index (χ0n) is 16.5. The normalized spacial score (nSPS) is 18.6. The van der Waals surface area contributed by atoms with E-state index in [1.807, 2.05) is 0 Å². The Morgan fingerprint density at radius 2 is 2.00 bits per heavy atom. The number of halogens is 3. The van der Waals surface area contributed by atoms with Crippen LogP contribution in [0.5, 0.6) is 0 Å². The summed E-state index contributed by atoms with van der Waals surface area (Å²) in [6.07, 6.45) is -3.36. The van der Waals surface area contributed by atoms with E-state index in [0.29, 0.717) is 16.5 Å². The van der Waals surface area contributed by atoms with Crippen LogP contribution >= 0.6 is 0 Å². The average molecular weight is 429 g/mol. The first-order valence-electron chi connectivity index (χ1n) is 9.18. The highest BCUT2D eigenvalue weighted by molar-refractivity contribution is 6.23. The number of urea groups is 1. The molecule has 0 radical (unpaired) electrons. The molecular weight excluding hydrogens is 411 g/mol. The van der Waals surface area contributed by atoms with Crippen LogP contribution in [-0.2, 0) is 21.2 Å². The highest BCUT2D eigenvalue weighted by atomic mass is 19.4. The Bertz CT molecular complexity index is 1090. The van der Waals surface area contributed by atoms with Crippen molar-refractivity contribution in [2.75, 3.05) is 18.1 Å². The summed E-state index contributed by atoms with van der Waals surface area (Å²) in [5.41, 5.74) is -2.52. The van der Waals surface area contributed by atoms with Crippen LogP contribution in [0.3, 0.4) is 0 Å². The van der Waals surface area contributed by atoms with Crippen LogP contribution in [0, 0.1) is 18.3 Å². The zero-order valence-corrected chi connectivity index (χ0v) is 16.5. The fourth-order valence-electron chi connectivity index (χ4n) is 3.40. The van der Waals surface area contributed by atoms with Crippen molar-refractivity contribution in [1.82, 2.24) is 5.32 Å². The topological polar surface area (TPSA) is 82.4 Å². The molecule has 1 heterocycles. The van der Waals surface area contributed by atoms with Gasteiger partial charge in [0.15, 0.2) is 5.54 Å².